The number of carbonyl (C=O) groups is 1. The van der Waals surface area contributed by atoms with Crippen LogP contribution >= 0.6 is 23.6 Å². The van der Waals surface area contributed by atoms with E-state index in [1.165, 1.54) is 16.9 Å². The number of carbonyl (C=O) groups excluding carboxylic acids is 1. The molecular weight excluding hydrogens is 352 g/mol. The van der Waals surface area contributed by atoms with E-state index in [-0.39, 0.29) is 18.2 Å². The van der Waals surface area contributed by atoms with Crippen molar-refractivity contribution in [1.82, 2.24) is 4.57 Å². The van der Waals surface area contributed by atoms with Gasteiger partial charge in [0.15, 0.2) is 3.95 Å². The van der Waals surface area contributed by atoms with Crippen LogP contribution in [-0.2, 0) is 11.3 Å². The SMILES string of the molecule is Cc1ccc(-c2csc(=S)n2CC(=O)Nc2ccc(C)cc2O)cc1. The first kappa shape index (κ1) is 17.4. The van der Waals surface area contributed by atoms with Gasteiger partial charge in [-0.2, -0.15) is 0 Å². The van der Waals surface area contributed by atoms with Crippen molar-refractivity contribution in [3.05, 3.63) is 62.9 Å². The monoisotopic (exact) mass is 370 g/mol. The van der Waals surface area contributed by atoms with Crippen molar-refractivity contribution in [2.75, 3.05) is 5.32 Å². The zero-order valence-corrected chi connectivity index (χ0v) is 15.6. The molecule has 4 nitrogen and oxygen atoms in total. The second-order valence-electron chi connectivity index (χ2n) is 5.91. The lowest BCUT2D eigenvalue weighted by molar-refractivity contribution is -0.116. The van der Waals surface area contributed by atoms with Crippen molar-refractivity contribution in [3.8, 4) is 17.0 Å². The van der Waals surface area contributed by atoms with Crippen LogP contribution in [0, 0.1) is 17.8 Å². The summed E-state index contributed by atoms with van der Waals surface area (Å²) in [6.45, 7) is 4.01. The Bertz CT molecular complexity index is 972. The van der Waals surface area contributed by atoms with Crippen molar-refractivity contribution < 1.29 is 9.90 Å². The summed E-state index contributed by atoms with van der Waals surface area (Å²) in [7, 11) is 0. The standard InChI is InChI=1S/C19H18N2O2S2/c1-12-3-6-14(7-4-12)16-11-25-19(24)21(16)10-18(23)20-15-8-5-13(2)9-17(15)22/h3-9,11,22H,10H2,1-2H3,(H,20,23). The highest BCUT2D eigenvalue weighted by atomic mass is 32.1. The van der Waals surface area contributed by atoms with E-state index < -0.39 is 0 Å². The molecule has 0 bridgehead atoms. The third-order valence-electron chi connectivity index (χ3n) is 3.86. The maximum Gasteiger partial charge on any atom is 0.244 e. The van der Waals surface area contributed by atoms with Crippen LogP contribution in [0.5, 0.6) is 5.75 Å². The smallest absolute Gasteiger partial charge is 0.244 e. The van der Waals surface area contributed by atoms with E-state index in [0.717, 1.165) is 16.8 Å². The lowest BCUT2D eigenvalue weighted by Gasteiger charge is -2.11. The topological polar surface area (TPSA) is 54.3 Å². The largest absolute Gasteiger partial charge is 0.506 e. The van der Waals surface area contributed by atoms with Crippen LogP contribution in [0.2, 0.25) is 0 Å². The van der Waals surface area contributed by atoms with Gasteiger partial charge in [-0.15, -0.1) is 11.3 Å². The molecule has 128 valence electrons. The van der Waals surface area contributed by atoms with E-state index in [2.05, 4.69) is 5.32 Å². The fraction of sp³-hybridized carbons (Fsp3) is 0.158. The molecule has 0 aliphatic carbocycles. The van der Waals surface area contributed by atoms with Gasteiger partial charge in [-0.25, -0.2) is 0 Å². The van der Waals surface area contributed by atoms with Crippen LogP contribution in [0.1, 0.15) is 11.1 Å². The minimum absolute atomic E-state index is 0.0565. The predicted octanol–water partition coefficient (Wildman–Crippen LogP) is 4.91. The Labute approximate surface area is 155 Å². The summed E-state index contributed by atoms with van der Waals surface area (Å²) in [6, 6.07) is 13.2. The molecule has 0 saturated carbocycles. The Kier molecular flexibility index (Phi) is 5.01. The average molecular weight is 370 g/mol. The number of benzene rings is 2. The van der Waals surface area contributed by atoms with Gasteiger partial charge >= 0.3 is 0 Å². The van der Waals surface area contributed by atoms with Gasteiger partial charge in [0.25, 0.3) is 0 Å². The first-order valence-electron chi connectivity index (χ1n) is 7.79. The number of thiazole rings is 1. The molecule has 0 spiro atoms. The fourth-order valence-electron chi connectivity index (χ4n) is 2.51. The van der Waals surface area contributed by atoms with Gasteiger partial charge < -0.3 is 15.0 Å². The van der Waals surface area contributed by atoms with Crippen molar-refractivity contribution in [1.29, 1.82) is 0 Å². The van der Waals surface area contributed by atoms with Gasteiger partial charge in [0.1, 0.15) is 12.3 Å². The minimum atomic E-state index is -0.234. The highest BCUT2D eigenvalue weighted by Crippen LogP contribution is 2.26. The summed E-state index contributed by atoms with van der Waals surface area (Å²) in [6.07, 6.45) is 0. The predicted molar refractivity (Wildman–Crippen MR) is 105 cm³/mol. The highest BCUT2D eigenvalue weighted by Gasteiger charge is 2.12. The lowest BCUT2D eigenvalue weighted by Crippen LogP contribution is -2.19. The first-order chi connectivity index (χ1) is 11.9. The maximum atomic E-state index is 12.4. The van der Waals surface area contributed by atoms with E-state index in [4.69, 9.17) is 12.2 Å². The number of hydrogen-bond donors (Lipinski definition) is 2. The van der Waals surface area contributed by atoms with E-state index in [9.17, 15) is 9.90 Å². The molecule has 6 heteroatoms. The number of amides is 1. The zero-order chi connectivity index (χ0) is 18.0. The maximum absolute atomic E-state index is 12.4. The number of anilines is 1. The molecule has 0 aliphatic rings. The third-order valence-corrected chi connectivity index (χ3v) is 5.13. The van der Waals surface area contributed by atoms with Gasteiger partial charge in [0.2, 0.25) is 5.91 Å². The molecule has 1 heterocycles. The minimum Gasteiger partial charge on any atom is -0.506 e. The van der Waals surface area contributed by atoms with Crippen LogP contribution in [0.3, 0.4) is 0 Å². The first-order valence-corrected chi connectivity index (χ1v) is 9.07. The summed E-state index contributed by atoms with van der Waals surface area (Å²) >= 11 is 6.81. The number of nitrogens with zero attached hydrogens (tertiary/aromatic N) is 1. The molecule has 0 aliphatic heterocycles. The average Bonchev–Trinajstić information content (AvgIpc) is 2.92. The number of nitrogens with one attached hydrogen (secondary N) is 1. The molecule has 0 unspecified atom stereocenters. The number of aromatic hydroxyl groups is 1. The molecule has 2 aromatic carbocycles. The van der Waals surface area contributed by atoms with Crippen molar-refractivity contribution in [3.63, 3.8) is 0 Å². The second kappa shape index (κ2) is 7.21. The molecule has 0 fully saturated rings. The molecule has 2 N–H and O–H groups in total. The molecule has 1 amide bonds. The van der Waals surface area contributed by atoms with E-state index in [1.807, 2.05) is 54.1 Å². The van der Waals surface area contributed by atoms with Crippen molar-refractivity contribution in [2.24, 2.45) is 0 Å². The van der Waals surface area contributed by atoms with E-state index in [0.29, 0.717) is 9.64 Å². The number of aryl methyl sites for hydroxylation is 2. The molecule has 3 rings (SSSR count). The molecule has 0 radical (unpaired) electrons. The zero-order valence-electron chi connectivity index (χ0n) is 13.9. The Morgan fingerprint density at radius 2 is 1.84 bits per heavy atom. The number of phenols is 1. The number of phenolic OH excluding ortho intramolecular Hbond substituents is 1. The fourth-order valence-corrected chi connectivity index (χ4v) is 3.58. The Hall–Kier alpha value is -2.44. The van der Waals surface area contributed by atoms with Crippen molar-refractivity contribution in [2.45, 2.75) is 20.4 Å². The van der Waals surface area contributed by atoms with Crippen LogP contribution < -0.4 is 5.32 Å². The molecular formula is C19H18N2O2S2. The second-order valence-corrected chi connectivity index (χ2v) is 7.41. The third kappa shape index (κ3) is 3.97. The number of rotatable bonds is 4. The van der Waals surface area contributed by atoms with Crippen LogP contribution in [0.25, 0.3) is 11.3 Å². The van der Waals surface area contributed by atoms with Crippen LogP contribution in [0.15, 0.2) is 47.8 Å². The van der Waals surface area contributed by atoms with Crippen LogP contribution in [0.4, 0.5) is 5.69 Å². The van der Waals surface area contributed by atoms with Gasteiger partial charge in [-0.3, -0.25) is 4.79 Å². The summed E-state index contributed by atoms with van der Waals surface area (Å²) < 4.78 is 2.45. The van der Waals surface area contributed by atoms with Gasteiger partial charge in [0.05, 0.1) is 11.4 Å². The quantitative estimate of drug-likeness (QED) is 0.507. The Morgan fingerprint density at radius 1 is 1.16 bits per heavy atom. The van der Waals surface area contributed by atoms with E-state index >= 15 is 0 Å². The molecule has 3 aromatic rings. The van der Waals surface area contributed by atoms with E-state index in [1.54, 1.807) is 12.1 Å². The lowest BCUT2D eigenvalue weighted by atomic mass is 10.1. The van der Waals surface area contributed by atoms with Gasteiger partial charge in [-0.1, -0.05) is 35.9 Å². The summed E-state index contributed by atoms with van der Waals surface area (Å²) in [5.74, 6) is -0.178. The summed E-state index contributed by atoms with van der Waals surface area (Å²) in [4.78, 5) is 12.4. The van der Waals surface area contributed by atoms with Crippen molar-refractivity contribution >= 4 is 35.1 Å². The number of hydrogen-bond acceptors (Lipinski definition) is 4. The van der Waals surface area contributed by atoms with Gasteiger partial charge in [-0.05, 0) is 49.3 Å². The Balaban J connectivity index is 1.83. The summed E-state index contributed by atoms with van der Waals surface area (Å²) in [5, 5.41) is 14.6. The van der Waals surface area contributed by atoms with Crippen LogP contribution in [-0.4, -0.2) is 15.6 Å². The Morgan fingerprint density at radius 3 is 2.52 bits per heavy atom. The van der Waals surface area contributed by atoms with Gasteiger partial charge in [0, 0.05) is 5.38 Å². The normalized spacial score (nSPS) is 10.6. The number of aromatic nitrogens is 1. The highest BCUT2D eigenvalue weighted by molar-refractivity contribution is 7.73. The molecule has 1 aromatic heterocycles. The molecule has 25 heavy (non-hydrogen) atoms. The summed E-state index contributed by atoms with van der Waals surface area (Å²) in [5.41, 5.74) is 4.44. The molecule has 0 atom stereocenters. The molecule has 0 saturated heterocycles.